The predicted molar refractivity (Wildman–Crippen MR) is 59.1 cm³/mol. The summed E-state index contributed by atoms with van der Waals surface area (Å²) in [6.07, 6.45) is 10.6. The third-order valence-electron chi connectivity index (χ3n) is 4.08. The van der Waals surface area contributed by atoms with Gasteiger partial charge in [-0.05, 0) is 49.9 Å². The molecule has 0 aromatic carbocycles. The maximum atomic E-state index is 9.79. The Bertz CT molecular complexity index is 174. The van der Waals surface area contributed by atoms with Crippen molar-refractivity contribution in [3.05, 3.63) is 0 Å². The van der Waals surface area contributed by atoms with Crippen molar-refractivity contribution in [1.29, 1.82) is 0 Å². The van der Waals surface area contributed by atoms with Gasteiger partial charge in [-0.15, -0.1) is 0 Å². The van der Waals surface area contributed by atoms with Gasteiger partial charge in [0.1, 0.15) is 0 Å². The number of hydrogen-bond acceptors (Lipinski definition) is 1. The summed E-state index contributed by atoms with van der Waals surface area (Å²) in [5.41, 5.74) is 0. The predicted octanol–water partition coefficient (Wildman–Crippen LogP) is 3.36. The lowest BCUT2D eigenvalue weighted by molar-refractivity contribution is 0.125. The average Bonchev–Trinajstić information content (AvgIpc) is 2.97. The van der Waals surface area contributed by atoms with Gasteiger partial charge >= 0.3 is 0 Å². The van der Waals surface area contributed by atoms with Crippen LogP contribution < -0.4 is 0 Å². The first-order chi connectivity index (χ1) is 6.75. The van der Waals surface area contributed by atoms with Crippen molar-refractivity contribution < 1.29 is 5.11 Å². The van der Waals surface area contributed by atoms with Crippen LogP contribution in [0, 0.1) is 17.8 Å². The highest BCUT2D eigenvalue weighted by molar-refractivity contribution is 4.82. The zero-order valence-electron chi connectivity index (χ0n) is 9.41. The lowest BCUT2D eigenvalue weighted by Crippen LogP contribution is -2.16. The highest BCUT2D eigenvalue weighted by Gasteiger charge is 2.30. The Labute approximate surface area is 87.9 Å². The molecule has 0 amide bonds. The standard InChI is InChI=1S/C13H24O/c1-10-3-2-4-11(9-10)5-8-13(14)12-6-7-12/h10-14H,2-9H2,1H3. The third kappa shape index (κ3) is 2.98. The van der Waals surface area contributed by atoms with Crippen molar-refractivity contribution in [3.63, 3.8) is 0 Å². The number of aliphatic hydroxyl groups excluding tert-OH is 1. The average molecular weight is 196 g/mol. The Morgan fingerprint density at radius 1 is 1.21 bits per heavy atom. The minimum Gasteiger partial charge on any atom is -0.393 e. The molecule has 2 aliphatic rings. The molecule has 1 heteroatoms. The summed E-state index contributed by atoms with van der Waals surface area (Å²) in [5, 5.41) is 9.79. The van der Waals surface area contributed by atoms with Crippen LogP contribution in [0.3, 0.4) is 0 Å². The van der Waals surface area contributed by atoms with Gasteiger partial charge in [0.05, 0.1) is 6.10 Å². The summed E-state index contributed by atoms with van der Waals surface area (Å²) in [6, 6.07) is 0. The molecule has 14 heavy (non-hydrogen) atoms. The van der Waals surface area contributed by atoms with Crippen molar-refractivity contribution in [2.45, 2.75) is 64.4 Å². The lowest BCUT2D eigenvalue weighted by atomic mass is 9.80. The van der Waals surface area contributed by atoms with Crippen molar-refractivity contribution in [1.82, 2.24) is 0 Å². The summed E-state index contributed by atoms with van der Waals surface area (Å²) in [4.78, 5) is 0. The second-order valence-corrected chi connectivity index (χ2v) is 5.62. The van der Waals surface area contributed by atoms with Crippen LogP contribution in [0.25, 0.3) is 0 Å². The Morgan fingerprint density at radius 2 is 2.00 bits per heavy atom. The van der Waals surface area contributed by atoms with Crippen LogP contribution in [0.2, 0.25) is 0 Å². The second-order valence-electron chi connectivity index (χ2n) is 5.62. The fourth-order valence-corrected chi connectivity index (χ4v) is 2.95. The van der Waals surface area contributed by atoms with Crippen LogP contribution in [0.5, 0.6) is 0 Å². The summed E-state index contributed by atoms with van der Waals surface area (Å²) in [6.45, 7) is 2.38. The molecule has 1 N–H and O–H groups in total. The summed E-state index contributed by atoms with van der Waals surface area (Å²) >= 11 is 0. The maximum absolute atomic E-state index is 9.79. The Hall–Kier alpha value is -0.0400. The fraction of sp³-hybridized carbons (Fsp3) is 1.00. The molecule has 0 aliphatic heterocycles. The molecule has 0 heterocycles. The van der Waals surface area contributed by atoms with Gasteiger partial charge in [0, 0.05) is 0 Å². The third-order valence-corrected chi connectivity index (χ3v) is 4.08. The number of hydrogen-bond donors (Lipinski definition) is 1. The summed E-state index contributed by atoms with van der Waals surface area (Å²) < 4.78 is 0. The second kappa shape index (κ2) is 4.65. The molecule has 2 rings (SSSR count). The van der Waals surface area contributed by atoms with E-state index in [4.69, 9.17) is 0 Å². The largest absolute Gasteiger partial charge is 0.393 e. The first kappa shape index (κ1) is 10.5. The Morgan fingerprint density at radius 3 is 2.64 bits per heavy atom. The normalized spacial score (nSPS) is 35.6. The Kier molecular flexibility index (Phi) is 3.48. The zero-order valence-corrected chi connectivity index (χ0v) is 9.41. The quantitative estimate of drug-likeness (QED) is 0.731. The highest BCUT2D eigenvalue weighted by Crippen LogP contribution is 2.37. The van der Waals surface area contributed by atoms with E-state index < -0.39 is 0 Å². The lowest BCUT2D eigenvalue weighted by Gasteiger charge is -2.27. The van der Waals surface area contributed by atoms with Crippen molar-refractivity contribution in [2.24, 2.45) is 17.8 Å². The van der Waals surface area contributed by atoms with Gasteiger partial charge in [-0.25, -0.2) is 0 Å². The van der Waals surface area contributed by atoms with Gasteiger partial charge in [0.2, 0.25) is 0 Å². The molecular weight excluding hydrogens is 172 g/mol. The van der Waals surface area contributed by atoms with Crippen LogP contribution in [0.4, 0.5) is 0 Å². The van der Waals surface area contributed by atoms with Crippen LogP contribution >= 0.6 is 0 Å². The first-order valence-corrected chi connectivity index (χ1v) is 6.43. The van der Waals surface area contributed by atoms with Crippen molar-refractivity contribution >= 4 is 0 Å². The van der Waals surface area contributed by atoms with E-state index in [2.05, 4.69) is 6.92 Å². The highest BCUT2D eigenvalue weighted by atomic mass is 16.3. The molecule has 0 radical (unpaired) electrons. The monoisotopic (exact) mass is 196 g/mol. The molecule has 3 atom stereocenters. The van der Waals surface area contributed by atoms with Gasteiger partial charge in [0.25, 0.3) is 0 Å². The van der Waals surface area contributed by atoms with Crippen LogP contribution in [-0.4, -0.2) is 11.2 Å². The van der Waals surface area contributed by atoms with E-state index in [1.165, 1.54) is 44.9 Å². The molecule has 1 nitrogen and oxygen atoms in total. The van der Waals surface area contributed by atoms with Crippen LogP contribution in [-0.2, 0) is 0 Å². The zero-order chi connectivity index (χ0) is 9.97. The number of rotatable bonds is 4. The molecule has 0 bridgehead atoms. The SMILES string of the molecule is CC1CCCC(CCC(O)C2CC2)C1. The van der Waals surface area contributed by atoms with E-state index in [0.717, 1.165) is 18.3 Å². The minimum atomic E-state index is 0.0345. The molecule has 2 aliphatic carbocycles. The van der Waals surface area contributed by atoms with Gasteiger partial charge in [-0.2, -0.15) is 0 Å². The van der Waals surface area contributed by atoms with E-state index in [0.29, 0.717) is 5.92 Å². The van der Waals surface area contributed by atoms with Crippen LogP contribution in [0.15, 0.2) is 0 Å². The molecule has 0 aromatic rings. The van der Waals surface area contributed by atoms with Crippen LogP contribution in [0.1, 0.15) is 58.3 Å². The van der Waals surface area contributed by atoms with Gasteiger partial charge in [-0.1, -0.05) is 26.2 Å². The fourth-order valence-electron chi connectivity index (χ4n) is 2.95. The molecule has 0 saturated heterocycles. The molecule has 82 valence electrons. The molecule has 2 fully saturated rings. The molecule has 0 aromatic heterocycles. The summed E-state index contributed by atoms with van der Waals surface area (Å²) in [7, 11) is 0. The molecule has 3 unspecified atom stereocenters. The number of aliphatic hydroxyl groups is 1. The maximum Gasteiger partial charge on any atom is 0.0568 e. The topological polar surface area (TPSA) is 20.2 Å². The van der Waals surface area contributed by atoms with Gasteiger partial charge in [0.15, 0.2) is 0 Å². The van der Waals surface area contributed by atoms with Crippen molar-refractivity contribution in [2.75, 3.05) is 0 Å². The van der Waals surface area contributed by atoms with E-state index in [1.807, 2.05) is 0 Å². The van der Waals surface area contributed by atoms with E-state index >= 15 is 0 Å². The molecule has 0 spiro atoms. The van der Waals surface area contributed by atoms with E-state index in [9.17, 15) is 5.11 Å². The molecular formula is C13H24O. The smallest absolute Gasteiger partial charge is 0.0568 e. The minimum absolute atomic E-state index is 0.0345. The van der Waals surface area contributed by atoms with E-state index in [-0.39, 0.29) is 6.10 Å². The van der Waals surface area contributed by atoms with E-state index in [1.54, 1.807) is 0 Å². The molecule has 2 saturated carbocycles. The van der Waals surface area contributed by atoms with Crippen molar-refractivity contribution in [3.8, 4) is 0 Å². The van der Waals surface area contributed by atoms with Gasteiger partial charge in [-0.3, -0.25) is 0 Å². The summed E-state index contributed by atoms with van der Waals surface area (Å²) in [5.74, 6) is 2.54. The first-order valence-electron chi connectivity index (χ1n) is 6.43. The Balaban J connectivity index is 1.63. The van der Waals surface area contributed by atoms with Gasteiger partial charge < -0.3 is 5.11 Å².